The first-order valence-electron chi connectivity index (χ1n) is 4.91. The van der Waals surface area contributed by atoms with Gasteiger partial charge in [0.05, 0.1) is 16.3 Å². The van der Waals surface area contributed by atoms with Crippen molar-refractivity contribution in [1.29, 1.82) is 0 Å². The Bertz CT molecular complexity index is 459. The summed E-state index contributed by atoms with van der Waals surface area (Å²) in [5.74, 6) is -0.140. The number of anilines is 2. The van der Waals surface area contributed by atoms with Crippen molar-refractivity contribution in [1.82, 2.24) is 0 Å². The lowest BCUT2D eigenvalue weighted by Gasteiger charge is -2.10. The molecule has 0 spiro atoms. The number of nitrogens with zero attached hydrogens (tertiary/aromatic N) is 1. The molecule has 1 heterocycles. The number of carbonyl (C=O) groups excluding carboxylic acids is 1. The molecule has 0 aliphatic carbocycles. The number of carbonyl (C=O) groups is 1. The van der Waals surface area contributed by atoms with Crippen LogP contribution in [0.25, 0.3) is 0 Å². The second-order valence-corrected chi connectivity index (χ2v) is 3.78. The Kier molecular flexibility index (Phi) is 2.47. The van der Waals surface area contributed by atoms with Gasteiger partial charge in [-0.05, 0) is 13.0 Å². The van der Waals surface area contributed by atoms with Gasteiger partial charge in [-0.2, -0.15) is 0 Å². The van der Waals surface area contributed by atoms with Crippen LogP contribution < -0.4 is 10.6 Å². The van der Waals surface area contributed by atoms with Gasteiger partial charge in [-0.1, -0.05) is 0 Å². The molecule has 0 unspecified atom stereocenters. The molecule has 0 saturated carbocycles. The number of fused-ring (bicyclic) bond motifs is 1. The maximum Gasteiger partial charge on any atom is 0.271 e. The minimum absolute atomic E-state index is 0.0164. The van der Waals surface area contributed by atoms with E-state index in [1.165, 1.54) is 12.1 Å². The van der Waals surface area contributed by atoms with E-state index in [4.69, 9.17) is 0 Å². The standard InChI is InChI=1S/C10H11N3O3/c1-6-4-10(14)12-9-5-7(13(15)16)2-3-8(9)11-6/h2-3,5-6,11H,4H2,1H3,(H,12,14)/t6-/m0/s1. The zero-order chi connectivity index (χ0) is 11.7. The molecular weight excluding hydrogens is 210 g/mol. The summed E-state index contributed by atoms with van der Waals surface area (Å²) < 4.78 is 0. The van der Waals surface area contributed by atoms with E-state index in [1.54, 1.807) is 6.07 Å². The highest BCUT2D eigenvalue weighted by Gasteiger charge is 2.19. The largest absolute Gasteiger partial charge is 0.380 e. The Morgan fingerprint density at radius 3 is 2.88 bits per heavy atom. The molecular formula is C10H11N3O3. The van der Waals surface area contributed by atoms with Gasteiger partial charge in [0.25, 0.3) is 5.69 Å². The molecule has 0 saturated heterocycles. The first-order valence-corrected chi connectivity index (χ1v) is 4.91. The van der Waals surface area contributed by atoms with Gasteiger partial charge >= 0.3 is 0 Å². The number of hydrogen-bond acceptors (Lipinski definition) is 4. The van der Waals surface area contributed by atoms with Crippen molar-refractivity contribution in [2.75, 3.05) is 10.6 Å². The Balaban J connectivity index is 2.42. The Labute approximate surface area is 91.8 Å². The summed E-state index contributed by atoms with van der Waals surface area (Å²) in [7, 11) is 0. The van der Waals surface area contributed by atoms with E-state index in [9.17, 15) is 14.9 Å². The number of non-ortho nitro benzene ring substituents is 1. The minimum atomic E-state index is -0.485. The number of nitro groups is 1. The van der Waals surface area contributed by atoms with Gasteiger partial charge in [-0.15, -0.1) is 0 Å². The number of hydrogen-bond donors (Lipinski definition) is 2. The summed E-state index contributed by atoms with van der Waals surface area (Å²) in [5, 5.41) is 16.3. The van der Waals surface area contributed by atoms with Crippen molar-refractivity contribution in [2.24, 2.45) is 0 Å². The summed E-state index contributed by atoms with van der Waals surface area (Å²) in [5.41, 5.74) is 1.14. The molecule has 0 aromatic heterocycles. The second-order valence-electron chi connectivity index (χ2n) is 3.78. The molecule has 1 amide bonds. The molecule has 0 fully saturated rings. The third kappa shape index (κ3) is 1.95. The maximum atomic E-state index is 11.4. The molecule has 84 valence electrons. The average molecular weight is 221 g/mol. The van der Waals surface area contributed by atoms with Crippen molar-refractivity contribution in [3.8, 4) is 0 Å². The fourth-order valence-corrected chi connectivity index (χ4v) is 1.67. The Morgan fingerprint density at radius 2 is 2.19 bits per heavy atom. The van der Waals surface area contributed by atoms with Crippen LogP contribution in [0, 0.1) is 10.1 Å². The molecule has 0 radical (unpaired) electrons. The van der Waals surface area contributed by atoms with Crippen molar-refractivity contribution in [2.45, 2.75) is 19.4 Å². The van der Waals surface area contributed by atoms with E-state index in [2.05, 4.69) is 10.6 Å². The first-order chi connectivity index (χ1) is 7.56. The van der Waals surface area contributed by atoms with Gasteiger partial charge < -0.3 is 10.6 Å². The highest BCUT2D eigenvalue weighted by atomic mass is 16.6. The predicted molar refractivity (Wildman–Crippen MR) is 59.4 cm³/mol. The summed E-state index contributed by atoms with van der Waals surface area (Å²) in [4.78, 5) is 21.5. The maximum absolute atomic E-state index is 11.4. The number of amides is 1. The average Bonchev–Trinajstić information content (AvgIpc) is 2.32. The van der Waals surface area contributed by atoms with Crippen molar-refractivity contribution >= 4 is 23.0 Å². The zero-order valence-electron chi connectivity index (χ0n) is 8.69. The summed E-state index contributed by atoms with van der Waals surface area (Å²) in [6.07, 6.45) is 0.350. The van der Waals surface area contributed by atoms with E-state index >= 15 is 0 Å². The van der Waals surface area contributed by atoms with Gasteiger partial charge in [0.1, 0.15) is 0 Å². The molecule has 1 aliphatic rings. The first kappa shape index (κ1) is 10.4. The molecule has 1 aliphatic heterocycles. The van der Waals surface area contributed by atoms with Gasteiger partial charge in [0.15, 0.2) is 0 Å². The molecule has 1 aromatic carbocycles. The third-order valence-electron chi connectivity index (χ3n) is 2.38. The van der Waals surface area contributed by atoms with Crippen LogP contribution in [-0.4, -0.2) is 16.9 Å². The van der Waals surface area contributed by atoms with Crippen LogP contribution >= 0.6 is 0 Å². The lowest BCUT2D eigenvalue weighted by Crippen LogP contribution is -2.18. The molecule has 2 N–H and O–H groups in total. The molecule has 0 bridgehead atoms. The van der Waals surface area contributed by atoms with Gasteiger partial charge in [-0.25, -0.2) is 0 Å². The van der Waals surface area contributed by atoms with Crippen LogP contribution in [0.1, 0.15) is 13.3 Å². The lowest BCUT2D eigenvalue weighted by atomic mass is 10.2. The quantitative estimate of drug-likeness (QED) is 0.558. The van der Waals surface area contributed by atoms with Gasteiger partial charge in [0, 0.05) is 24.6 Å². The van der Waals surface area contributed by atoms with E-state index in [0.29, 0.717) is 17.8 Å². The molecule has 6 nitrogen and oxygen atoms in total. The smallest absolute Gasteiger partial charge is 0.271 e. The SMILES string of the molecule is C[C@H]1CC(=O)Nc2cc([N+](=O)[O-])ccc2N1. The molecule has 2 rings (SSSR count). The lowest BCUT2D eigenvalue weighted by molar-refractivity contribution is -0.384. The summed E-state index contributed by atoms with van der Waals surface area (Å²) in [6, 6.07) is 4.40. The van der Waals surface area contributed by atoms with Crippen LogP contribution in [0.2, 0.25) is 0 Å². The van der Waals surface area contributed by atoms with Crippen LogP contribution in [0.3, 0.4) is 0 Å². The molecule has 6 heteroatoms. The highest BCUT2D eigenvalue weighted by molar-refractivity contribution is 5.96. The van der Waals surface area contributed by atoms with Gasteiger partial charge in [-0.3, -0.25) is 14.9 Å². The van der Waals surface area contributed by atoms with E-state index in [0.717, 1.165) is 0 Å². The van der Waals surface area contributed by atoms with E-state index in [1.807, 2.05) is 6.92 Å². The number of nitro benzene ring substituents is 1. The van der Waals surface area contributed by atoms with Crippen LogP contribution in [0.5, 0.6) is 0 Å². The normalized spacial score (nSPS) is 19.1. The molecule has 1 aromatic rings. The van der Waals surface area contributed by atoms with Crippen molar-refractivity contribution < 1.29 is 9.72 Å². The summed E-state index contributed by atoms with van der Waals surface area (Å²) in [6.45, 7) is 1.89. The number of nitrogens with one attached hydrogen (secondary N) is 2. The Morgan fingerprint density at radius 1 is 1.44 bits per heavy atom. The van der Waals surface area contributed by atoms with Crippen molar-refractivity contribution in [3.05, 3.63) is 28.3 Å². The predicted octanol–water partition coefficient (Wildman–Crippen LogP) is 1.74. The van der Waals surface area contributed by atoms with Crippen LogP contribution in [0.15, 0.2) is 18.2 Å². The fourth-order valence-electron chi connectivity index (χ4n) is 1.67. The van der Waals surface area contributed by atoms with E-state index < -0.39 is 4.92 Å². The zero-order valence-corrected chi connectivity index (χ0v) is 8.69. The topological polar surface area (TPSA) is 84.3 Å². The number of benzene rings is 1. The second kappa shape index (κ2) is 3.80. The highest BCUT2D eigenvalue weighted by Crippen LogP contribution is 2.29. The van der Waals surface area contributed by atoms with Crippen LogP contribution in [-0.2, 0) is 4.79 Å². The minimum Gasteiger partial charge on any atom is -0.380 e. The molecule has 16 heavy (non-hydrogen) atoms. The fraction of sp³-hybridized carbons (Fsp3) is 0.300. The Hall–Kier alpha value is -2.11. The molecule has 1 atom stereocenters. The van der Waals surface area contributed by atoms with Crippen molar-refractivity contribution in [3.63, 3.8) is 0 Å². The van der Waals surface area contributed by atoms with E-state index in [-0.39, 0.29) is 17.6 Å². The van der Waals surface area contributed by atoms with Crippen LogP contribution in [0.4, 0.5) is 17.1 Å². The number of rotatable bonds is 1. The third-order valence-corrected chi connectivity index (χ3v) is 2.38. The van der Waals surface area contributed by atoms with Gasteiger partial charge in [0.2, 0.25) is 5.91 Å². The summed E-state index contributed by atoms with van der Waals surface area (Å²) >= 11 is 0. The monoisotopic (exact) mass is 221 g/mol.